The third-order valence-corrected chi connectivity index (χ3v) is 3.03. The molecule has 0 atom stereocenters. The van der Waals surface area contributed by atoms with E-state index in [1.54, 1.807) is 30.3 Å². The summed E-state index contributed by atoms with van der Waals surface area (Å²) in [4.78, 5) is 12.3. The number of rotatable bonds is 2. The quantitative estimate of drug-likeness (QED) is 0.784. The smallest absolute Gasteiger partial charge is 0.259 e. The SMILES string of the molecule is O=C(Nc1cccc(O)c1)c1cccc2c1OCCN2. The highest BCUT2D eigenvalue weighted by Gasteiger charge is 2.19. The van der Waals surface area contributed by atoms with Gasteiger partial charge in [0.1, 0.15) is 12.4 Å². The number of phenolic OH excluding ortho intramolecular Hbond substituents is 1. The Morgan fingerprint density at radius 2 is 2.10 bits per heavy atom. The fraction of sp³-hybridized carbons (Fsp3) is 0.133. The van der Waals surface area contributed by atoms with Crippen LogP contribution >= 0.6 is 0 Å². The van der Waals surface area contributed by atoms with Gasteiger partial charge < -0.3 is 20.5 Å². The van der Waals surface area contributed by atoms with Crippen LogP contribution in [-0.2, 0) is 0 Å². The zero-order valence-electron chi connectivity index (χ0n) is 10.7. The van der Waals surface area contributed by atoms with Gasteiger partial charge in [-0.2, -0.15) is 0 Å². The lowest BCUT2D eigenvalue weighted by molar-refractivity contribution is 0.102. The van der Waals surface area contributed by atoms with Crippen molar-refractivity contribution in [2.45, 2.75) is 0 Å². The zero-order valence-corrected chi connectivity index (χ0v) is 10.7. The Morgan fingerprint density at radius 1 is 1.25 bits per heavy atom. The van der Waals surface area contributed by atoms with E-state index in [1.165, 1.54) is 6.07 Å². The van der Waals surface area contributed by atoms with Crippen LogP contribution in [0.3, 0.4) is 0 Å². The molecule has 0 fully saturated rings. The number of amides is 1. The van der Waals surface area contributed by atoms with Gasteiger partial charge in [0.05, 0.1) is 11.3 Å². The van der Waals surface area contributed by atoms with Gasteiger partial charge in [-0.25, -0.2) is 0 Å². The highest BCUT2D eigenvalue weighted by molar-refractivity contribution is 6.07. The van der Waals surface area contributed by atoms with Crippen LogP contribution in [-0.4, -0.2) is 24.2 Å². The van der Waals surface area contributed by atoms with Crippen LogP contribution < -0.4 is 15.4 Å². The number of ether oxygens (including phenoxy) is 1. The third-order valence-electron chi connectivity index (χ3n) is 3.03. The van der Waals surface area contributed by atoms with Crippen LogP contribution in [0.15, 0.2) is 42.5 Å². The second-order valence-corrected chi connectivity index (χ2v) is 4.46. The number of phenols is 1. The lowest BCUT2D eigenvalue weighted by Crippen LogP contribution is -2.21. The minimum atomic E-state index is -0.267. The summed E-state index contributed by atoms with van der Waals surface area (Å²) in [5.74, 6) is 0.406. The Balaban J connectivity index is 1.88. The van der Waals surface area contributed by atoms with E-state index in [0.717, 1.165) is 12.2 Å². The first-order chi connectivity index (χ1) is 9.74. The molecule has 2 aromatic carbocycles. The van der Waals surface area contributed by atoms with Gasteiger partial charge in [0.25, 0.3) is 5.91 Å². The van der Waals surface area contributed by atoms with Crippen LogP contribution in [0.4, 0.5) is 11.4 Å². The number of nitrogens with one attached hydrogen (secondary N) is 2. The van der Waals surface area contributed by atoms with Crippen molar-refractivity contribution in [3.05, 3.63) is 48.0 Å². The molecule has 1 aliphatic heterocycles. The van der Waals surface area contributed by atoms with E-state index in [9.17, 15) is 9.90 Å². The number of hydrogen-bond acceptors (Lipinski definition) is 4. The summed E-state index contributed by atoms with van der Waals surface area (Å²) in [6.45, 7) is 1.26. The van der Waals surface area contributed by atoms with E-state index >= 15 is 0 Å². The summed E-state index contributed by atoms with van der Waals surface area (Å²) in [5, 5.41) is 15.3. The summed E-state index contributed by atoms with van der Waals surface area (Å²) in [7, 11) is 0. The van der Waals surface area contributed by atoms with E-state index < -0.39 is 0 Å². The number of anilines is 2. The summed E-state index contributed by atoms with van der Waals surface area (Å²) in [6, 6.07) is 11.8. The molecule has 0 aromatic heterocycles. The van der Waals surface area contributed by atoms with Gasteiger partial charge in [0, 0.05) is 18.3 Å². The standard InChI is InChI=1S/C15H14N2O3/c18-11-4-1-3-10(9-11)17-15(19)12-5-2-6-13-14(12)20-8-7-16-13/h1-6,9,16,18H,7-8H2,(H,17,19). The molecule has 0 radical (unpaired) electrons. The molecule has 0 spiro atoms. The molecule has 5 heteroatoms. The Morgan fingerprint density at radius 3 is 2.95 bits per heavy atom. The molecule has 0 bridgehead atoms. The largest absolute Gasteiger partial charge is 0.508 e. The predicted octanol–water partition coefficient (Wildman–Crippen LogP) is 2.45. The normalized spacial score (nSPS) is 12.8. The average Bonchev–Trinajstić information content (AvgIpc) is 2.46. The molecule has 5 nitrogen and oxygen atoms in total. The van der Waals surface area contributed by atoms with E-state index in [0.29, 0.717) is 23.6 Å². The molecule has 3 rings (SSSR count). The fourth-order valence-electron chi connectivity index (χ4n) is 2.13. The molecule has 0 unspecified atom stereocenters. The number of para-hydroxylation sites is 1. The molecule has 102 valence electrons. The summed E-state index contributed by atoms with van der Waals surface area (Å²) in [5.41, 5.74) is 1.83. The first kappa shape index (κ1) is 12.3. The first-order valence-electron chi connectivity index (χ1n) is 6.34. The minimum absolute atomic E-state index is 0.107. The molecule has 1 heterocycles. The maximum atomic E-state index is 12.3. The van der Waals surface area contributed by atoms with Crippen molar-refractivity contribution >= 4 is 17.3 Å². The second-order valence-electron chi connectivity index (χ2n) is 4.46. The van der Waals surface area contributed by atoms with Gasteiger partial charge >= 0.3 is 0 Å². The monoisotopic (exact) mass is 270 g/mol. The highest BCUT2D eigenvalue weighted by Crippen LogP contribution is 2.31. The third kappa shape index (κ3) is 2.38. The maximum Gasteiger partial charge on any atom is 0.259 e. The van der Waals surface area contributed by atoms with Crippen molar-refractivity contribution in [2.24, 2.45) is 0 Å². The van der Waals surface area contributed by atoms with Crippen LogP contribution in [0.25, 0.3) is 0 Å². The molecular formula is C15H14N2O3. The van der Waals surface area contributed by atoms with Crippen molar-refractivity contribution in [3.63, 3.8) is 0 Å². The number of fused-ring (bicyclic) bond motifs is 1. The molecule has 0 saturated carbocycles. The zero-order chi connectivity index (χ0) is 13.9. The van der Waals surface area contributed by atoms with Crippen LogP contribution in [0.2, 0.25) is 0 Å². The fourth-order valence-corrected chi connectivity index (χ4v) is 2.13. The number of carbonyl (C=O) groups is 1. The second kappa shape index (κ2) is 5.13. The Hall–Kier alpha value is -2.69. The van der Waals surface area contributed by atoms with Crippen molar-refractivity contribution in [1.82, 2.24) is 0 Å². The summed E-state index contributed by atoms with van der Waals surface area (Å²) in [6.07, 6.45) is 0. The van der Waals surface area contributed by atoms with E-state index in [-0.39, 0.29) is 11.7 Å². The van der Waals surface area contributed by atoms with Gasteiger partial charge in [-0.05, 0) is 24.3 Å². The molecule has 1 amide bonds. The van der Waals surface area contributed by atoms with Crippen molar-refractivity contribution in [1.29, 1.82) is 0 Å². The average molecular weight is 270 g/mol. The molecule has 2 aromatic rings. The molecule has 0 saturated heterocycles. The van der Waals surface area contributed by atoms with Gasteiger partial charge in [-0.3, -0.25) is 4.79 Å². The summed E-state index contributed by atoms with van der Waals surface area (Å²) >= 11 is 0. The van der Waals surface area contributed by atoms with Gasteiger partial charge in [-0.15, -0.1) is 0 Å². The van der Waals surface area contributed by atoms with Crippen molar-refractivity contribution in [2.75, 3.05) is 23.8 Å². The molecule has 1 aliphatic rings. The van der Waals surface area contributed by atoms with Crippen molar-refractivity contribution < 1.29 is 14.6 Å². The van der Waals surface area contributed by atoms with Crippen LogP contribution in [0, 0.1) is 0 Å². The van der Waals surface area contributed by atoms with Gasteiger partial charge in [-0.1, -0.05) is 12.1 Å². The highest BCUT2D eigenvalue weighted by atomic mass is 16.5. The Bertz CT molecular complexity index is 655. The lowest BCUT2D eigenvalue weighted by atomic mass is 10.1. The topological polar surface area (TPSA) is 70.6 Å². The van der Waals surface area contributed by atoms with Crippen LogP contribution in [0.5, 0.6) is 11.5 Å². The number of carbonyl (C=O) groups excluding carboxylic acids is 1. The summed E-state index contributed by atoms with van der Waals surface area (Å²) < 4.78 is 5.56. The van der Waals surface area contributed by atoms with Gasteiger partial charge in [0.15, 0.2) is 5.75 Å². The molecule has 20 heavy (non-hydrogen) atoms. The Labute approximate surface area is 116 Å². The van der Waals surface area contributed by atoms with Crippen LogP contribution in [0.1, 0.15) is 10.4 Å². The number of benzene rings is 2. The van der Waals surface area contributed by atoms with Crippen molar-refractivity contribution in [3.8, 4) is 11.5 Å². The van der Waals surface area contributed by atoms with E-state index in [2.05, 4.69) is 10.6 Å². The van der Waals surface area contributed by atoms with E-state index in [4.69, 9.17) is 4.74 Å². The Kier molecular flexibility index (Phi) is 3.16. The molecule has 0 aliphatic carbocycles. The number of hydrogen-bond donors (Lipinski definition) is 3. The predicted molar refractivity (Wildman–Crippen MR) is 76.5 cm³/mol. The minimum Gasteiger partial charge on any atom is -0.508 e. The number of aromatic hydroxyl groups is 1. The molecule has 3 N–H and O–H groups in total. The first-order valence-corrected chi connectivity index (χ1v) is 6.34. The van der Waals surface area contributed by atoms with E-state index in [1.807, 2.05) is 6.07 Å². The van der Waals surface area contributed by atoms with Gasteiger partial charge in [0.2, 0.25) is 0 Å². The molecular weight excluding hydrogens is 256 g/mol. The lowest BCUT2D eigenvalue weighted by Gasteiger charge is -2.21. The maximum absolute atomic E-state index is 12.3.